The van der Waals surface area contributed by atoms with E-state index in [2.05, 4.69) is 34.4 Å². The average molecular weight is 411 g/mol. The van der Waals surface area contributed by atoms with E-state index in [4.69, 9.17) is 4.98 Å². The lowest BCUT2D eigenvalue weighted by atomic mass is 9.80. The third-order valence-corrected chi connectivity index (χ3v) is 7.55. The first kappa shape index (κ1) is 21.3. The molecule has 0 aromatic carbocycles. The summed E-state index contributed by atoms with van der Waals surface area (Å²) in [6.45, 7) is 5.94. The number of rotatable bonds is 7. The molecular formula is C25H38N4O. The van der Waals surface area contributed by atoms with Crippen LogP contribution in [0, 0.1) is 5.92 Å². The highest BCUT2D eigenvalue weighted by Crippen LogP contribution is 2.37. The first-order valence-electron chi connectivity index (χ1n) is 12.3. The van der Waals surface area contributed by atoms with Gasteiger partial charge in [0.15, 0.2) is 5.65 Å². The molecule has 0 radical (unpaired) electrons. The van der Waals surface area contributed by atoms with E-state index in [1.165, 1.54) is 64.2 Å². The molecule has 0 N–H and O–H groups in total. The zero-order valence-electron chi connectivity index (χ0n) is 18.9. The van der Waals surface area contributed by atoms with Gasteiger partial charge in [-0.3, -0.25) is 4.79 Å². The minimum absolute atomic E-state index is 0.294. The quantitative estimate of drug-likeness (QED) is 0.589. The lowest BCUT2D eigenvalue weighted by molar-refractivity contribution is -0.134. The molecule has 0 bridgehead atoms. The van der Waals surface area contributed by atoms with Crippen molar-refractivity contribution in [3.05, 3.63) is 24.2 Å². The molecule has 0 aliphatic heterocycles. The van der Waals surface area contributed by atoms with Gasteiger partial charge in [0.2, 0.25) is 5.91 Å². The van der Waals surface area contributed by atoms with Crippen LogP contribution >= 0.6 is 0 Å². The fraction of sp³-hybridized carbons (Fsp3) is 0.720. The van der Waals surface area contributed by atoms with Gasteiger partial charge in [0, 0.05) is 37.7 Å². The first-order chi connectivity index (χ1) is 14.7. The summed E-state index contributed by atoms with van der Waals surface area (Å²) >= 11 is 0. The Balaban J connectivity index is 1.50. The fourth-order valence-electron chi connectivity index (χ4n) is 5.72. The molecule has 2 aromatic heterocycles. The van der Waals surface area contributed by atoms with Crippen LogP contribution in [-0.4, -0.2) is 37.9 Å². The summed E-state index contributed by atoms with van der Waals surface area (Å²) < 4.78 is 2.26. The van der Waals surface area contributed by atoms with Crippen LogP contribution in [0.5, 0.6) is 0 Å². The van der Waals surface area contributed by atoms with Gasteiger partial charge in [0.1, 0.15) is 11.3 Å². The van der Waals surface area contributed by atoms with E-state index in [1.54, 1.807) is 0 Å². The summed E-state index contributed by atoms with van der Waals surface area (Å²) in [7, 11) is 0. The lowest BCUT2D eigenvalue weighted by Crippen LogP contribution is -2.41. The van der Waals surface area contributed by atoms with Crippen LogP contribution in [-0.2, 0) is 11.3 Å². The van der Waals surface area contributed by atoms with Crippen molar-refractivity contribution < 1.29 is 4.79 Å². The van der Waals surface area contributed by atoms with Crippen molar-refractivity contribution in [3.8, 4) is 0 Å². The third kappa shape index (κ3) is 4.55. The number of imidazole rings is 1. The van der Waals surface area contributed by atoms with E-state index in [-0.39, 0.29) is 0 Å². The molecule has 0 unspecified atom stereocenters. The smallest absolute Gasteiger partial charge is 0.224 e. The molecule has 30 heavy (non-hydrogen) atoms. The Kier molecular flexibility index (Phi) is 7.06. The highest BCUT2D eigenvalue weighted by atomic mass is 16.2. The van der Waals surface area contributed by atoms with E-state index in [0.29, 0.717) is 30.8 Å². The molecule has 2 aliphatic carbocycles. The summed E-state index contributed by atoms with van der Waals surface area (Å²) in [6.07, 6.45) is 14.9. The van der Waals surface area contributed by atoms with Gasteiger partial charge in [-0.1, -0.05) is 32.6 Å². The molecular weight excluding hydrogens is 372 g/mol. The van der Waals surface area contributed by atoms with Crippen LogP contribution in [0.3, 0.4) is 0 Å². The highest BCUT2D eigenvalue weighted by Gasteiger charge is 2.28. The maximum atomic E-state index is 13.1. The van der Waals surface area contributed by atoms with Crippen LogP contribution in [0.15, 0.2) is 18.3 Å². The predicted octanol–water partition coefficient (Wildman–Crippen LogP) is 5.69. The highest BCUT2D eigenvalue weighted by molar-refractivity contribution is 5.77. The molecule has 5 nitrogen and oxygen atoms in total. The maximum absolute atomic E-state index is 13.1. The molecule has 2 aromatic rings. The average Bonchev–Trinajstić information content (AvgIpc) is 3.17. The lowest BCUT2D eigenvalue weighted by Gasteiger charge is -2.34. The minimum atomic E-state index is 0.294. The maximum Gasteiger partial charge on any atom is 0.224 e. The van der Waals surface area contributed by atoms with Gasteiger partial charge in [-0.15, -0.1) is 0 Å². The minimum Gasteiger partial charge on any atom is -0.340 e. The van der Waals surface area contributed by atoms with Gasteiger partial charge in [-0.25, -0.2) is 9.97 Å². The number of aromatic nitrogens is 3. The largest absolute Gasteiger partial charge is 0.340 e. The molecule has 4 rings (SSSR count). The standard InChI is InChI=1S/C25H38N4O/c1-3-19-12-14-20(15-13-19)24-27-22-11-8-17-26-25(22)29(24)18-16-23(30)28(4-2)21-9-6-5-7-10-21/h8,11,17,19-21H,3-7,9-10,12-16,18H2,1-2H3. The fourth-order valence-corrected chi connectivity index (χ4v) is 5.72. The third-order valence-electron chi connectivity index (χ3n) is 7.55. The van der Waals surface area contributed by atoms with Crippen LogP contribution in [0.25, 0.3) is 11.2 Å². The summed E-state index contributed by atoms with van der Waals surface area (Å²) in [6, 6.07) is 4.46. The number of fused-ring (bicyclic) bond motifs is 1. The Morgan fingerprint density at radius 2 is 1.87 bits per heavy atom. The van der Waals surface area contributed by atoms with E-state index >= 15 is 0 Å². The number of hydrogen-bond acceptors (Lipinski definition) is 3. The van der Waals surface area contributed by atoms with Crippen molar-refractivity contribution in [2.45, 2.75) is 103 Å². The van der Waals surface area contributed by atoms with Crippen molar-refractivity contribution in [1.29, 1.82) is 0 Å². The van der Waals surface area contributed by atoms with Crippen LogP contribution in [0.2, 0.25) is 0 Å². The number of aryl methyl sites for hydroxylation is 1. The molecule has 0 spiro atoms. The number of carbonyl (C=O) groups is 1. The number of amides is 1. The Hall–Kier alpha value is -1.91. The summed E-state index contributed by atoms with van der Waals surface area (Å²) in [4.78, 5) is 24.9. The molecule has 2 saturated carbocycles. The van der Waals surface area contributed by atoms with Crippen LogP contribution < -0.4 is 0 Å². The van der Waals surface area contributed by atoms with Gasteiger partial charge >= 0.3 is 0 Å². The summed E-state index contributed by atoms with van der Waals surface area (Å²) in [5, 5.41) is 0. The second-order valence-corrected chi connectivity index (χ2v) is 9.32. The van der Waals surface area contributed by atoms with Crippen LogP contribution in [0.4, 0.5) is 0 Å². The van der Waals surface area contributed by atoms with Gasteiger partial charge in [-0.05, 0) is 63.5 Å². The van der Waals surface area contributed by atoms with Crippen LogP contribution in [0.1, 0.15) is 96.2 Å². The van der Waals surface area contributed by atoms with E-state index in [0.717, 1.165) is 29.5 Å². The molecule has 5 heteroatoms. The molecule has 2 heterocycles. The molecule has 1 amide bonds. The molecule has 0 saturated heterocycles. The number of hydrogen-bond donors (Lipinski definition) is 0. The summed E-state index contributed by atoms with van der Waals surface area (Å²) in [5.41, 5.74) is 1.91. The Bertz CT molecular complexity index is 831. The predicted molar refractivity (Wildman–Crippen MR) is 121 cm³/mol. The molecule has 2 fully saturated rings. The zero-order valence-corrected chi connectivity index (χ0v) is 18.9. The van der Waals surface area contributed by atoms with Crippen molar-refractivity contribution in [2.75, 3.05) is 6.54 Å². The Morgan fingerprint density at radius 1 is 1.10 bits per heavy atom. The van der Waals surface area contributed by atoms with Crippen molar-refractivity contribution in [3.63, 3.8) is 0 Å². The van der Waals surface area contributed by atoms with E-state index in [1.807, 2.05) is 12.3 Å². The second-order valence-electron chi connectivity index (χ2n) is 9.32. The van der Waals surface area contributed by atoms with Gasteiger partial charge in [-0.2, -0.15) is 0 Å². The van der Waals surface area contributed by atoms with E-state index < -0.39 is 0 Å². The Morgan fingerprint density at radius 3 is 2.57 bits per heavy atom. The van der Waals surface area contributed by atoms with E-state index in [9.17, 15) is 4.79 Å². The van der Waals surface area contributed by atoms with Gasteiger partial charge in [0.25, 0.3) is 0 Å². The monoisotopic (exact) mass is 410 g/mol. The van der Waals surface area contributed by atoms with Crippen molar-refractivity contribution >= 4 is 17.1 Å². The molecule has 2 aliphatic rings. The number of nitrogens with zero attached hydrogens (tertiary/aromatic N) is 4. The van der Waals surface area contributed by atoms with Gasteiger partial charge in [0.05, 0.1) is 0 Å². The molecule has 0 atom stereocenters. The number of carbonyl (C=O) groups excluding carboxylic acids is 1. The Labute approximate surface area is 181 Å². The normalized spacial score (nSPS) is 23.0. The zero-order chi connectivity index (χ0) is 20.9. The second kappa shape index (κ2) is 9.93. The topological polar surface area (TPSA) is 51.0 Å². The van der Waals surface area contributed by atoms with Gasteiger partial charge < -0.3 is 9.47 Å². The van der Waals surface area contributed by atoms with Crippen molar-refractivity contribution in [2.24, 2.45) is 5.92 Å². The number of pyridine rings is 1. The molecule has 164 valence electrons. The van der Waals surface area contributed by atoms with Crippen molar-refractivity contribution in [1.82, 2.24) is 19.4 Å². The summed E-state index contributed by atoms with van der Waals surface area (Å²) in [5.74, 6) is 2.82. The first-order valence-corrected chi connectivity index (χ1v) is 12.3. The SMILES string of the molecule is CCC1CCC(c2nc3cccnc3n2CCC(=O)N(CC)C2CCCCC2)CC1.